The fraction of sp³-hybridized carbons (Fsp3) is 0.600. The van der Waals surface area contributed by atoms with Crippen LogP contribution in [-0.4, -0.2) is 41.1 Å². The number of likely N-dealkylation sites (tertiary alicyclic amines) is 1. The summed E-state index contributed by atoms with van der Waals surface area (Å²) in [5, 5.41) is 11.1. The normalized spacial score (nSPS) is 24.9. The number of amides is 1. The van der Waals surface area contributed by atoms with E-state index in [0.29, 0.717) is 19.5 Å². The molecular weight excluding hydrogens is 318 g/mol. The Morgan fingerprint density at radius 2 is 1.84 bits per heavy atom. The third-order valence-corrected chi connectivity index (χ3v) is 5.42. The third-order valence-electron chi connectivity index (χ3n) is 5.42. The Morgan fingerprint density at radius 3 is 2.40 bits per heavy atom. The van der Waals surface area contributed by atoms with E-state index in [1.165, 1.54) is 0 Å². The summed E-state index contributed by atoms with van der Waals surface area (Å²) < 4.78 is 5.47. The Hall–Kier alpha value is -1.88. The Morgan fingerprint density at radius 1 is 1.24 bits per heavy atom. The Kier molecular flexibility index (Phi) is 4.40. The van der Waals surface area contributed by atoms with Gasteiger partial charge in [0.15, 0.2) is 0 Å². The summed E-state index contributed by atoms with van der Waals surface area (Å²) >= 11 is 0. The van der Waals surface area contributed by atoms with Gasteiger partial charge in [0, 0.05) is 24.9 Å². The number of nitrogens with zero attached hydrogens (tertiary/aromatic N) is 1. The van der Waals surface area contributed by atoms with Crippen molar-refractivity contribution in [3.63, 3.8) is 0 Å². The Balaban J connectivity index is 1.79. The minimum atomic E-state index is -1.09. The fourth-order valence-electron chi connectivity index (χ4n) is 4.31. The first kappa shape index (κ1) is 17.9. The van der Waals surface area contributed by atoms with E-state index < -0.39 is 11.2 Å². The lowest BCUT2D eigenvalue weighted by atomic mass is 9.73. The maximum absolute atomic E-state index is 12.3. The molecule has 25 heavy (non-hydrogen) atoms. The van der Waals surface area contributed by atoms with Gasteiger partial charge in [0.25, 0.3) is 0 Å². The topological polar surface area (TPSA) is 66.8 Å². The van der Waals surface area contributed by atoms with E-state index in [0.717, 1.165) is 30.3 Å². The maximum Gasteiger partial charge on any atom is 0.410 e. The number of benzene rings is 1. The molecule has 0 bridgehead atoms. The molecule has 1 aliphatic heterocycles. The molecule has 1 fully saturated rings. The molecule has 136 valence electrons. The highest BCUT2D eigenvalue weighted by molar-refractivity contribution is 5.68. The number of hydrogen-bond donors (Lipinski definition) is 1. The van der Waals surface area contributed by atoms with Crippen LogP contribution in [0.25, 0.3) is 0 Å². The van der Waals surface area contributed by atoms with Gasteiger partial charge in [-0.3, -0.25) is 0 Å². The van der Waals surface area contributed by atoms with Crippen molar-refractivity contribution in [3.05, 3.63) is 35.4 Å². The van der Waals surface area contributed by atoms with Crippen LogP contribution in [-0.2, 0) is 20.5 Å². The van der Waals surface area contributed by atoms with Crippen molar-refractivity contribution >= 4 is 12.4 Å². The molecule has 1 aromatic rings. The molecule has 3 rings (SSSR count). The molecule has 1 unspecified atom stereocenters. The van der Waals surface area contributed by atoms with Crippen molar-refractivity contribution in [2.45, 2.75) is 63.1 Å². The van der Waals surface area contributed by atoms with Crippen LogP contribution in [0.2, 0.25) is 0 Å². The van der Waals surface area contributed by atoms with Gasteiger partial charge >= 0.3 is 6.09 Å². The lowest BCUT2D eigenvalue weighted by Crippen LogP contribution is -2.46. The summed E-state index contributed by atoms with van der Waals surface area (Å²) in [4.78, 5) is 25.1. The highest BCUT2D eigenvalue weighted by atomic mass is 16.6. The van der Waals surface area contributed by atoms with E-state index >= 15 is 0 Å². The number of carbonyl (C=O) groups excluding carboxylic acids is 2. The predicted molar refractivity (Wildman–Crippen MR) is 94.4 cm³/mol. The SMILES string of the molecule is CC(C)(C)OC(=O)N1CCC2(CC1)CC(O)(CC=O)c1ccccc12. The number of ether oxygens (including phenoxy) is 1. The predicted octanol–water partition coefficient (Wildman–Crippen LogP) is 3.14. The van der Waals surface area contributed by atoms with Crippen molar-refractivity contribution in [2.24, 2.45) is 0 Å². The van der Waals surface area contributed by atoms with Gasteiger partial charge in [-0.1, -0.05) is 24.3 Å². The van der Waals surface area contributed by atoms with Gasteiger partial charge in [-0.2, -0.15) is 0 Å². The van der Waals surface area contributed by atoms with Crippen LogP contribution in [0.3, 0.4) is 0 Å². The molecule has 1 spiro atoms. The molecular formula is C20H27NO4. The van der Waals surface area contributed by atoms with Gasteiger partial charge in [-0.25, -0.2) is 4.79 Å². The van der Waals surface area contributed by atoms with Crippen LogP contribution in [0, 0.1) is 0 Å². The number of fused-ring (bicyclic) bond motifs is 2. The van der Waals surface area contributed by atoms with Crippen LogP contribution in [0.5, 0.6) is 0 Å². The van der Waals surface area contributed by atoms with E-state index in [1.807, 2.05) is 39.0 Å². The fourth-order valence-corrected chi connectivity index (χ4v) is 4.31. The first-order chi connectivity index (χ1) is 11.7. The van der Waals surface area contributed by atoms with E-state index in [4.69, 9.17) is 4.74 Å². The molecule has 1 amide bonds. The van der Waals surface area contributed by atoms with Gasteiger partial charge in [0.05, 0.1) is 5.60 Å². The number of aldehydes is 1. The molecule has 1 heterocycles. The number of rotatable bonds is 2. The zero-order valence-corrected chi connectivity index (χ0v) is 15.2. The molecule has 5 nitrogen and oxygen atoms in total. The summed E-state index contributed by atoms with van der Waals surface area (Å²) in [5.74, 6) is 0. The molecule has 0 aromatic heterocycles. The lowest BCUT2D eigenvalue weighted by molar-refractivity contribution is -0.113. The van der Waals surface area contributed by atoms with Crippen LogP contribution in [0.4, 0.5) is 4.79 Å². The van der Waals surface area contributed by atoms with Gasteiger partial charge in [0.1, 0.15) is 11.9 Å². The van der Waals surface area contributed by atoms with Crippen LogP contribution >= 0.6 is 0 Å². The molecule has 2 aliphatic rings. The van der Waals surface area contributed by atoms with Crippen LogP contribution in [0.15, 0.2) is 24.3 Å². The van der Waals surface area contributed by atoms with Crippen molar-refractivity contribution in [3.8, 4) is 0 Å². The minimum absolute atomic E-state index is 0.113. The molecule has 1 atom stereocenters. The summed E-state index contributed by atoms with van der Waals surface area (Å²) in [6, 6.07) is 7.87. The van der Waals surface area contributed by atoms with E-state index in [2.05, 4.69) is 6.07 Å². The zero-order chi connectivity index (χ0) is 18.3. The minimum Gasteiger partial charge on any atom is -0.444 e. The highest BCUT2D eigenvalue weighted by Gasteiger charge is 2.52. The van der Waals surface area contributed by atoms with Crippen molar-refractivity contribution in [1.29, 1.82) is 0 Å². The van der Waals surface area contributed by atoms with Gasteiger partial charge in [-0.15, -0.1) is 0 Å². The Labute approximate surface area is 149 Å². The largest absolute Gasteiger partial charge is 0.444 e. The number of piperidine rings is 1. The van der Waals surface area contributed by atoms with Crippen LogP contribution in [0.1, 0.15) is 57.6 Å². The highest BCUT2D eigenvalue weighted by Crippen LogP contribution is 2.54. The van der Waals surface area contributed by atoms with Crippen molar-refractivity contribution in [1.82, 2.24) is 4.90 Å². The smallest absolute Gasteiger partial charge is 0.410 e. The second-order valence-electron chi connectivity index (χ2n) is 8.37. The van der Waals surface area contributed by atoms with E-state index in [1.54, 1.807) is 4.90 Å². The molecule has 5 heteroatoms. The second kappa shape index (κ2) is 6.13. The summed E-state index contributed by atoms with van der Waals surface area (Å²) in [6.07, 6.45) is 2.71. The van der Waals surface area contributed by atoms with Gasteiger partial charge in [0.2, 0.25) is 0 Å². The Bertz CT molecular complexity index is 671. The maximum atomic E-state index is 12.3. The van der Waals surface area contributed by atoms with Gasteiger partial charge < -0.3 is 19.5 Å². The monoisotopic (exact) mass is 345 g/mol. The average Bonchev–Trinajstić information content (AvgIpc) is 2.76. The van der Waals surface area contributed by atoms with Crippen molar-refractivity contribution < 1.29 is 19.4 Å². The third kappa shape index (κ3) is 3.30. The summed E-state index contributed by atoms with van der Waals surface area (Å²) in [7, 11) is 0. The number of aliphatic hydroxyl groups is 1. The molecule has 1 N–H and O–H groups in total. The first-order valence-electron chi connectivity index (χ1n) is 8.93. The quantitative estimate of drug-likeness (QED) is 0.836. The zero-order valence-electron chi connectivity index (χ0n) is 15.2. The number of carbonyl (C=O) groups is 2. The van der Waals surface area contributed by atoms with Crippen molar-refractivity contribution in [2.75, 3.05) is 13.1 Å². The number of hydrogen-bond acceptors (Lipinski definition) is 4. The summed E-state index contributed by atoms with van der Waals surface area (Å²) in [6.45, 7) is 6.79. The standard InChI is InChI=1S/C20H27NO4/c1-18(2,3)25-17(23)21-11-8-19(9-12-21)14-20(24,10-13-22)16-7-5-4-6-15(16)19/h4-7,13,24H,8-12,14H2,1-3H3. The molecule has 0 radical (unpaired) electrons. The average molecular weight is 345 g/mol. The van der Waals surface area contributed by atoms with Gasteiger partial charge in [-0.05, 0) is 51.2 Å². The molecule has 1 aliphatic carbocycles. The first-order valence-corrected chi connectivity index (χ1v) is 8.93. The van der Waals surface area contributed by atoms with E-state index in [-0.39, 0.29) is 17.9 Å². The van der Waals surface area contributed by atoms with Crippen LogP contribution < -0.4 is 0 Å². The molecule has 1 saturated heterocycles. The van der Waals surface area contributed by atoms with E-state index in [9.17, 15) is 14.7 Å². The summed E-state index contributed by atoms with van der Waals surface area (Å²) in [5.41, 5.74) is 0.228. The molecule has 1 aromatic carbocycles. The lowest BCUT2D eigenvalue weighted by Gasteiger charge is -2.41. The second-order valence-corrected chi connectivity index (χ2v) is 8.37. The molecule has 0 saturated carbocycles.